The molecule has 192 valence electrons. The van der Waals surface area contributed by atoms with Crippen LogP contribution in [0.5, 0.6) is 0 Å². The second-order valence-electron chi connectivity index (χ2n) is 8.46. The van der Waals surface area contributed by atoms with Crippen LogP contribution in [0.2, 0.25) is 0 Å². The van der Waals surface area contributed by atoms with Crippen molar-refractivity contribution in [1.82, 2.24) is 15.2 Å². The molecule has 7 nitrogen and oxygen atoms in total. The molecule has 0 saturated heterocycles. The average Bonchev–Trinajstić information content (AvgIpc) is 2.83. The molecule has 3 rings (SSSR count). The fourth-order valence-corrected chi connectivity index (χ4v) is 4.11. The maximum Gasteiger partial charge on any atom is 0.433 e. The van der Waals surface area contributed by atoms with Crippen LogP contribution in [0.4, 0.5) is 13.2 Å². The zero-order valence-corrected chi connectivity index (χ0v) is 20.5. The fraction of sp³-hybridized carbons (Fsp3) is 0.346. The molecule has 36 heavy (non-hydrogen) atoms. The van der Waals surface area contributed by atoms with E-state index in [1.165, 1.54) is 13.2 Å². The van der Waals surface area contributed by atoms with Gasteiger partial charge in [0.1, 0.15) is 12.3 Å². The van der Waals surface area contributed by atoms with E-state index in [9.17, 15) is 22.8 Å². The lowest BCUT2D eigenvalue weighted by molar-refractivity contribution is -0.141. The van der Waals surface area contributed by atoms with Gasteiger partial charge in [0.05, 0.1) is 24.2 Å². The number of ether oxygens (including phenoxy) is 2. The van der Waals surface area contributed by atoms with Crippen LogP contribution in [0.15, 0.2) is 71.2 Å². The molecule has 0 amide bonds. The first kappa shape index (κ1) is 26.9. The highest BCUT2D eigenvalue weighted by Gasteiger charge is 2.40. The van der Waals surface area contributed by atoms with Crippen LogP contribution in [0.3, 0.4) is 0 Å². The smallest absolute Gasteiger partial charge is 0.433 e. The van der Waals surface area contributed by atoms with E-state index in [2.05, 4.69) is 10.3 Å². The SMILES string of the molecule is COC(=O)C1=C(C)NC(C)=C(C(=O)OCCN(C)Cc2ccccc2)C1c1ccnc(C(F)(F)F)c1. The third-order valence-electron chi connectivity index (χ3n) is 5.79. The van der Waals surface area contributed by atoms with E-state index in [-0.39, 0.29) is 23.3 Å². The van der Waals surface area contributed by atoms with E-state index in [4.69, 9.17) is 9.47 Å². The highest BCUT2D eigenvalue weighted by Crippen LogP contribution is 2.40. The Morgan fingerprint density at radius 3 is 2.31 bits per heavy atom. The van der Waals surface area contributed by atoms with Gasteiger partial charge in [0.2, 0.25) is 0 Å². The zero-order chi connectivity index (χ0) is 26.5. The van der Waals surface area contributed by atoms with Crippen molar-refractivity contribution in [2.45, 2.75) is 32.5 Å². The van der Waals surface area contributed by atoms with Crippen LogP contribution >= 0.6 is 0 Å². The highest BCUT2D eigenvalue weighted by molar-refractivity contribution is 5.99. The first-order chi connectivity index (χ1) is 17.0. The molecule has 1 aliphatic rings. The maximum absolute atomic E-state index is 13.4. The number of hydrogen-bond donors (Lipinski definition) is 1. The van der Waals surface area contributed by atoms with Gasteiger partial charge in [0, 0.05) is 30.7 Å². The number of rotatable bonds is 8. The standard InChI is InChI=1S/C26H28F3N3O4/c1-16-21(24(33)35-4)23(19-10-11-30-20(14-19)26(27,28)29)22(17(2)31-16)25(34)36-13-12-32(3)15-18-8-6-5-7-9-18/h5-11,14,23,31H,12-13,15H2,1-4H3. The summed E-state index contributed by atoms with van der Waals surface area (Å²) in [6, 6.07) is 12.0. The summed E-state index contributed by atoms with van der Waals surface area (Å²) in [6.45, 7) is 4.32. The van der Waals surface area contributed by atoms with Crippen molar-refractivity contribution >= 4 is 11.9 Å². The van der Waals surface area contributed by atoms with Crippen molar-refractivity contribution in [2.24, 2.45) is 0 Å². The third-order valence-corrected chi connectivity index (χ3v) is 5.79. The van der Waals surface area contributed by atoms with Gasteiger partial charge in [-0.3, -0.25) is 9.88 Å². The number of pyridine rings is 1. The van der Waals surface area contributed by atoms with Crippen LogP contribution in [-0.4, -0.2) is 49.1 Å². The van der Waals surface area contributed by atoms with Gasteiger partial charge in [-0.25, -0.2) is 9.59 Å². The van der Waals surface area contributed by atoms with Gasteiger partial charge in [-0.2, -0.15) is 13.2 Å². The summed E-state index contributed by atoms with van der Waals surface area (Å²) in [4.78, 5) is 31.3. The number of esters is 2. The fourth-order valence-electron chi connectivity index (χ4n) is 4.11. The first-order valence-electron chi connectivity index (χ1n) is 11.2. The topological polar surface area (TPSA) is 80.8 Å². The summed E-state index contributed by atoms with van der Waals surface area (Å²) >= 11 is 0. The molecule has 1 aromatic carbocycles. The van der Waals surface area contributed by atoms with Crippen LogP contribution in [-0.2, 0) is 31.8 Å². The molecule has 1 unspecified atom stereocenters. The number of hydrogen-bond acceptors (Lipinski definition) is 7. The number of dihydropyridines is 1. The Hall–Kier alpha value is -3.66. The van der Waals surface area contributed by atoms with Gasteiger partial charge in [-0.05, 0) is 44.2 Å². The molecule has 2 heterocycles. The Kier molecular flexibility index (Phi) is 8.52. The second kappa shape index (κ2) is 11.4. The van der Waals surface area contributed by atoms with Crippen LogP contribution in [0, 0.1) is 0 Å². The van der Waals surface area contributed by atoms with Gasteiger partial charge >= 0.3 is 18.1 Å². The van der Waals surface area contributed by atoms with E-state index in [0.717, 1.165) is 17.8 Å². The molecule has 1 aromatic heterocycles. The summed E-state index contributed by atoms with van der Waals surface area (Å²) in [6.07, 6.45) is -3.70. The summed E-state index contributed by atoms with van der Waals surface area (Å²) in [5, 5.41) is 2.96. The number of nitrogens with one attached hydrogen (secondary N) is 1. The molecule has 1 N–H and O–H groups in total. The van der Waals surface area contributed by atoms with Gasteiger partial charge in [0.15, 0.2) is 0 Å². The molecule has 0 saturated carbocycles. The highest BCUT2D eigenvalue weighted by atomic mass is 19.4. The number of carbonyl (C=O) groups is 2. The minimum atomic E-state index is -4.70. The Bertz CT molecular complexity index is 1180. The van der Waals surface area contributed by atoms with E-state index in [0.29, 0.717) is 24.5 Å². The number of aromatic nitrogens is 1. The minimum Gasteiger partial charge on any atom is -0.466 e. The molecule has 0 radical (unpaired) electrons. The second-order valence-corrected chi connectivity index (χ2v) is 8.46. The summed E-state index contributed by atoms with van der Waals surface area (Å²) in [5.41, 5.74) is 0.843. The van der Waals surface area contributed by atoms with Crippen molar-refractivity contribution in [3.63, 3.8) is 0 Å². The number of alkyl halides is 3. The number of halogens is 3. The number of likely N-dealkylation sites (N-methyl/N-ethyl adjacent to an activating group) is 1. The Morgan fingerprint density at radius 1 is 1.06 bits per heavy atom. The van der Waals surface area contributed by atoms with E-state index in [1.807, 2.05) is 42.3 Å². The van der Waals surface area contributed by atoms with Crippen molar-refractivity contribution in [3.8, 4) is 0 Å². The van der Waals surface area contributed by atoms with E-state index < -0.39 is 29.7 Å². The largest absolute Gasteiger partial charge is 0.466 e. The number of nitrogens with zero attached hydrogens (tertiary/aromatic N) is 2. The van der Waals surface area contributed by atoms with Gasteiger partial charge < -0.3 is 14.8 Å². The molecule has 0 bridgehead atoms. The maximum atomic E-state index is 13.4. The lowest BCUT2D eigenvalue weighted by atomic mass is 9.80. The number of carbonyl (C=O) groups excluding carboxylic acids is 2. The zero-order valence-electron chi connectivity index (χ0n) is 20.5. The van der Waals surface area contributed by atoms with Crippen LogP contribution in [0.25, 0.3) is 0 Å². The van der Waals surface area contributed by atoms with Crippen molar-refractivity contribution < 1.29 is 32.2 Å². The number of benzene rings is 1. The first-order valence-corrected chi connectivity index (χ1v) is 11.2. The minimum absolute atomic E-state index is 0.0237. The Balaban J connectivity index is 1.86. The molecule has 2 aromatic rings. The Labute approximate surface area is 207 Å². The predicted octanol–water partition coefficient (Wildman–Crippen LogP) is 4.18. The average molecular weight is 504 g/mol. The lowest BCUT2D eigenvalue weighted by Gasteiger charge is -2.30. The molecule has 0 aliphatic carbocycles. The molecule has 1 aliphatic heterocycles. The van der Waals surface area contributed by atoms with Crippen molar-refractivity contribution in [2.75, 3.05) is 27.3 Å². The molecule has 1 atom stereocenters. The monoisotopic (exact) mass is 503 g/mol. The predicted molar refractivity (Wildman–Crippen MR) is 126 cm³/mol. The summed E-state index contributed by atoms with van der Waals surface area (Å²) in [7, 11) is 3.05. The number of methoxy groups -OCH3 is 1. The van der Waals surface area contributed by atoms with Gasteiger partial charge in [-0.1, -0.05) is 30.3 Å². The molecule has 0 spiro atoms. The summed E-state index contributed by atoms with van der Waals surface area (Å²) < 4.78 is 50.5. The molecular weight excluding hydrogens is 475 g/mol. The van der Waals surface area contributed by atoms with Gasteiger partial charge in [-0.15, -0.1) is 0 Å². The van der Waals surface area contributed by atoms with E-state index in [1.54, 1.807) is 13.8 Å². The lowest BCUT2D eigenvalue weighted by Crippen LogP contribution is -2.33. The van der Waals surface area contributed by atoms with E-state index >= 15 is 0 Å². The van der Waals surface area contributed by atoms with Crippen LogP contribution in [0.1, 0.15) is 36.6 Å². The third kappa shape index (κ3) is 6.31. The van der Waals surface area contributed by atoms with Crippen LogP contribution < -0.4 is 5.32 Å². The van der Waals surface area contributed by atoms with Crippen molar-refractivity contribution in [1.29, 1.82) is 0 Å². The number of allylic oxidation sites excluding steroid dienone is 2. The molecule has 10 heteroatoms. The van der Waals surface area contributed by atoms with Gasteiger partial charge in [0.25, 0.3) is 0 Å². The molecular formula is C26H28F3N3O4. The normalized spacial score (nSPS) is 16.2. The van der Waals surface area contributed by atoms with Crippen molar-refractivity contribution in [3.05, 3.63) is 88.0 Å². The summed E-state index contributed by atoms with van der Waals surface area (Å²) in [5.74, 6) is -2.63. The Morgan fingerprint density at radius 2 is 1.69 bits per heavy atom. The molecule has 0 fully saturated rings. The quantitative estimate of drug-likeness (QED) is 0.542.